The number of hydrogen-bond donors (Lipinski definition) is 3. The summed E-state index contributed by atoms with van der Waals surface area (Å²) in [7, 11) is 0. The van der Waals surface area contributed by atoms with Crippen LogP contribution in [0, 0.1) is 5.92 Å². The summed E-state index contributed by atoms with van der Waals surface area (Å²) in [6, 6.07) is 36.9. The highest BCUT2D eigenvalue weighted by atomic mass is 16.5. The number of amides is 1. The third-order valence-corrected chi connectivity index (χ3v) is 6.80. The van der Waals surface area contributed by atoms with E-state index in [0.717, 1.165) is 32.9 Å². The fraction of sp³-hybridized carbons (Fsp3) is 0.206. The number of amidine groups is 1. The number of rotatable bonds is 12. The van der Waals surface area contributed by atoms with Crippen molar-refractivity contribution < 1.29 is 14.3 Å². The van der Waals surface area contributed by atoms with E-state index in [0.29, 0.717) is 12.8 Å². The van der Waals surface area contributed by atoms with Crippen molar-refractivity contribution in [2.75, 3.05) is 0 Å². The molecule has 1 amide bonds. The Labute approximate surface area is 247 Å². The zero-order chi connectivity index (χ0) is 29.7. The first-order valence-electron chi connectivity index (χ1n) is 13.9. The summed E-state index contributed by atoms with van der Waals surface area (Å²) in [6.45, 7) is 2.27. The molecule has 0 saturated carbocycles. The highest BCUT2D eigenvalue weighted by Crippen LogP contribution is 2.21. The Morgan fingerprint density at radius 1 is 0.786 bits per heavy atom. The molecule has 4 rings (SSSR count). The van der Waals surface area contributed by atoms with Gasteiger partial charge in [-0.3, -0.25) is 9.59 Å². The Kier molecular flexibility index (Phi) is 10.8. The average Bonchev–Trinajstić information content (AvgIpc) is 3.01. The van der Waals surface area contributed by atoms with E-state index in [-0.39, 0.29) is 25.0 Å². The van der Waals surface area contributed by atoms with Crippen molar-refractivity contribution in [1.29, 1.82) is 0 Å². The molecule has 5 N–H and O–H groups in total. The minimum Gasteiger partial charge on any atom is -0.461 e. The van der Waals surface area contributed by atoms with Gasteiger partial charge < -0.3 is 15.8 Å². The number of hydrazone groups is 1. The van der Waals surface area contributed by atoms with Gasteiger partial charge in [0.15, 0.2) is 0 Å². The van der Waals surface area contributed by atoms with Crippen molar-refractivity contribution in [3.8, 4) is 11.1 Å². The van der Waals surface area contributed by atoms with Crippen molar-refractivity contribution in [3.63, 3.8) is 0 Å². The minimum absolute atomic E-state index is 0.190. The second kappa shape index (κ2) is 15.2. The molecule has 2 atom stereocenters. The van der Waals surface area contributed by atoms with Crippen LogP contribution in [0.25, 0.3) is 11.1 Å². The average molecular weight is 564 g/mol. The summed E-state index contributed by atoms with van der Waals surface area (Å²) >= 11 is 0. The number of nitrogens with two attached hydrogens (primary N) is 2. The molecule has 42 heavy (non-hydrogen) atoms. The quantitative estimate of drug-likeness (QED) is 0.0748. The second-order valence-electron chi connectivity index (χ2n) is 10.2. The molecule has 2 unspecified atom stereocenters. The number of nitrogens with zero attached hydrogens (tertiary/aromatic N) is 2. The van der Waals surface area contributed by atoms with E-state index < -0.39 is 17.9 Å². The maximum absolute atomic E-state index is 13.1. The minimum atomic E-state index is -0.561. The van der Waals surface area contributed by atoms with Crippen LogP contribution in [0.1, 0.15) is 30.0 Å². The SMILES string of the molecule is CC(CC(Cc1ccc(-c2ccccc2)cc1)NC(=O)C(N)=NN(N)Cc1ccccc1)C(=O)OCc1ccccc1. The Balaban J connectivity index is 1.43. The molecule has 0 aliphatic heterocycles. The summed E-state index contributed by atoms with van der Waals surface area (Å²) < 4.78 is 5.54. The van der Waals surface area contributed by atoms with Crippen LogP contribution in [0.5, 0.6) is 0 Å². The lowest BCUT2D eigenvalue weighted by atomic mass is 9.95. The number of carbonyl (C=O) groups excluding carboxylic acids is 2. The first kappa shape index (κ1) is 30.0. The largest absolute Gasteiger partial charge is 0.461 e. The van der Waals surface area contributed by atoms with Crippen molar-refractivity contribution in [2.45, 2.75) is 39.0 Å². The Bertz CT molecular complexity index is 1450. The molecule has 0 bridgehead atoms. The maximum Gasteiger partial charge on any atom is 0.309 e. The van der Waals surface area contributed by atoms with Gasteiger partial charge in [-0.25, -0.2) is 11.0 Å². The number of hydrazine groups is 1. The monoisotopic (exact) mass is 563 g/mol. The smallest absolute Gasteiger partial charge is 0.309 e. The topological polar surface area (TPSA) is 123 Å². The summed E-state index contributed by atoms with van der Waals surface area (Å²) in [5, 5.41) is 8.14. The molecule has 0 heterocycles. The Morgan fingerprint density at radius 3 is 1.95 bits per heavy atom. The molecule has 0 aliphatic carbocycles. The van der Waals surface area contributed by atoms with E-state index in [1.165, 1.54) is 0 Å². The molecule has 4 aromatic carbocycles. The van der Waals surface area contributed by atoms with E-state index in [9.17, 15) is 9.59 Å². The number of esters is 1. The summed E-state index contributed by atoms with van der Waals surface area (Å²) in [5.74, 6) is 4.35. The van der Waals surface area contributed by atoms with E-state index in [2.05, 4.69) is 22.6 Å². The molecule has 0 aliphatic rings. The zero-order valence-electron chi connectivity index (χ0n) is 23.7. The summed E-state index contributed by atoms with van der Waals surface area (Å²) in [5.41, 5.74) is 11.1. The molecule has 216 valence electrons. The molecule has 0 fully saturated rings. The van der Waals surface area contributed by atoms with Gasteiger partial charge in [0.25, 0.3) is 5.91 Å². The highest BCUT2D eigenvalue weighted by molar-refractivity contribution is 6.37. The van der Waals surface area contributed by atoms with Crippen LogP contribution in [0.2, 0.25) is 0 Å². The highest BCUT2D eigenvalue weighted by Gasteiger charge is 2.23. The normalized spacial score (nSPS) is 12.7. The third-order valence-electron chi connectivity index (χ3n) is 6.80. The van der Waals surface area contributed by atoms with Crippen LogP contribution in [-0.2, 0) is 33.9 Å². The fourth-order valence-electron chi connectivity index (χ4n) is 4.58. The zero-order valence-corrected chi connectivity index (χ0v) is 23.7. The molecule has 4 aromatic rings. The van der Waals surface area contributed by atoms with Gasteiger partial charge in [0.2, 0.25) is 5.84 Å². The third kappa shape index (κ3) is 9.31. The summed E-state index contributed by atoms with van der Waals surface area (Å²) in [6.07, 6.45) is 0.837. The molecule has 0 radical (unpaired) electrons. The van der Waals surface area contributed by atoms with Gasteiger partial charge in [-0.2, -0.15) is 0 Å². The van der Waals surface area contributed by atoms with Gasteiger partial charge in [0, 0.05) is 6.04 Å². The number of hydrogen-bond acceptors (Lipinski definition) is 6. The first-order valence-corrected chi connectivity index (χ1v) is 13.9. The van der Waals surface area contributed by atoms with Crippen LogP contribution >= 0.6 is 0 Å². The predicted molar refractivity (Wildman–Crippen MR) is 165 cm³/mol. The molecule has 0 saturated heterocycles. The van der Waals surface area contributed by atoms with E-state index >= 15 is 0 Å². The number of nitrogens with one attached hydrogen (secondary N) is 1. The molecular formula is C34H37N5O3. The van der Waals surface area contributed by atoms with Gasteiger partial charge in [-0.1, -0.05) is 122 Å². The lowest BCUT2D eigenvalue weighted by molar-refractivity contribution is -0.149. The van der Waals surface area contributed by atoms with Gasteiger partial charge >= 0.3 is 5.97 Å². The Hall–Kier alpha value is -4.95. The van der Waals surface area contributed by atoms with E-state index in [1.54, 1.807) is 6.92 Å². The number of benzene rings is 4. The van der Waals surface area contributed by atoms with E-state index in [4.69, 9.17) is 16.3 Å². The van der Waals surface area contributed by atoms with Gasteiger partial charge in [0.05, 0.1) is 12.5 Å². The standard InChI is InChI=1S/C34H37N5O3/c1-25(34(41)42-24-28-13-7-3-8-14-28)21-31(22-26-17-19-30(20-18-26)29-15-9-4-10-16-29)37-33(40)32(35)38-39(36)23-27-11-5-2-6-12-27/h2-20,25,31H,21-24,36H2,1H3,(H2,35,38)(H,37,40). The summed E-state index contributed by atoms with van der Waals surface area (Å²) in [4.78, 5) is 25.9. The molecule has 0 spiro atoms. The molecule has 8 nitrogen and oxygen atoms in total. The van der Waals surface area contributed by atoms with Crippen LogP contribution in [0.4, 0.5) is 0 Å². The molecule has 0 aromatic heterocycles. The molecule has 8 heteroatoms. The van der Waals surface area contributed by atoms with Gasteiger partial charge in [-0.15, -0.1) is 5.10 Å². The van der Waals surface area contributed by atoms with Crippen molar-refractivity contribution in [1.82, 2.24) is 10.4 Å². The lowest BCUT2D eigenvalue weighted by Crippen LogP contribution is -2.46. The van der Waals surface area contributed by atoms with Crippen molar-refractivity contribution >= 4 is 17.7 Å². The van der Waals surface area contributed by atoms with Crippen molar-refractivity contribution in [3.05, 3.63) is 132 Å². The molecular weight excluding hydrogens is 526 g/mol. The number of carbonyl (C=O) groups is 2. The Morgan fingerprint density at radius 2 is 1.33 bits per heavy atom. The number of ether oxygens (including phenoxy) is 1. The fourth-order valence-corrected chi connectivity index (χ4v) is 4.58. The van der Waals surface area contributed by atoms with Crippen LogP contribution in [0.15, 0.2) is 120 Å². The van der Waals surface area contributed by atoms with Crippen LogP contribution in [-0.4, -0.2) is 28.9 Å². The van der Waals surface area contributed by atoms with E-state index in [1.807, 2.05) is 103 Å². The maximum atomic E-state index is 13.1. The van der Waals surface area contributed by atoms with Gasteiger partial charge in [-0.05, 0) is 40.7 Å². The van der Waals surface area contributed by atoms with Crippen molar-refractivity contribution in [2.24, 2.45) is 22.6 Å². The van der Waals surface area contributed by atoms with Gasteiger partial charge in [0.1, 0.15) is 6.61 Å². The predicted octanol–water partition coefficient (Wildman–Crippen LogP) is 4.80. The second-order valence-corrected chi connectivity index (χ2v) is 10.2. The van der Waals surface area contributed by atoms with Crippen LogP contribution in [0.3, 0.4) is 0 Å². The first-order chi connectivity index (χ1) is 20.4. The lowest BCUT2D eigenvalue weighted by Gasteiger charge is -2.22. The van der Waals surface area contributed by atoms with Crippen LogP contribution < -0.4 is 16.9 Å².